The SMILES string of the molecule is CCS(=O)(=O)NC1CCN(C(=O)C(C)c2c(C)n[nH]c2C)CC1. The first kappa shape index (κ1) is 17.9. The highest BCUT2D eigenvalue weighted by molar-refractivity contribution is 7.89. The lowest BCUT2D eigenvalue weighted by Gasteiger charge is -2.33. The van der Waals surface area contributed by atoms with Crippen molar-refractivity contribution < 1.29 is 13.2 Å². The van der Waals surface area contributed by atoms with Gasteiger partial charge in [-0.1, -0.05) is 0 Å². The summed E-state index contributed by atoms with van der Waals surface area (Å²) in [6, 6.07) is -0.0725. The normalized spacial score (nSPS) is 18.2. The van der Waals surface area contributed by atoms with Gasteiger partial charge in [-0.05, 0) is 40.5 Å². The molecule has 0 saturated carbocycles. The van der Waals surface area contributed by atoms with E-state index in [2.05, 4.69) is 14.9 Å². The molecule has 0 aliphatic carbocycles. The van der Waals surface area contributed by atoms with Crippen molar-refractivity contribution in [2.45, 2.75) is 52.5 Å². The highest BCUT2D eigenvalue weighted by Crippen LogP contribution is 2.25. The van der Waals surface area contributed by atoms with Crippen LogP contribution in [0.1, 0.15) is 49.6 Å². The molecule has 8 heteroatoms. The van der Waals surface area contributed by atoms with Gasteiger partial charge < -0.3 is 4.90 Å². The van der Waals surface area contributed by atoms with Crippen LogP contribution in [0.4, 0.5) is 0 Å². The van der Waals surface area contributed by atoms with Gasteiger partial charge in [0.25, 0.3) is 0 Å². The highest BCUT2D eigenvalue weighted by Gasteiger charge is 2.30. The Balaban J connectivity index is 1.96. The van der Waals surface area contributed by atoms with Crippen molar-refractivity contribution in [1.82, 2.24) is 19.8 Å². The first-order chi connectivity index (χ1) is 10.7. The molecule has 1 atom stereocenters. The van der Waals surface area contributed by atoms with E-state index in [4.69, 9.17) is 0 Å². The average molecular weight is 342 g/mol. The van der Waals surface area contributed by atoms with Gasteiger partial charge in [-0.2, -0.15) is 5.10 Å². The molecule has 1 fully saturated rings. The summed E-state index contributed by atoms with van der Waals surface area (Å²) in [6.45, 7) is 8.50. The molecule has 1 saturated heterocycles. The van der Waals surface area contributed by atoms with Gasteiger partial charge in [-0.25, -0.2) is 13.1 Å². The molecule has 1 amide bonds. The van der Waals surface area contributed by atoms with Gasteiger partial charge in [-0.15, -0.1) is 0 Å². The van der Waals surface area contributed by atoms with Crippen LogP contribution in [0, 0.1) is 13.8 Å². The first-order valence-corrected chi connectivity index (χ1v) is 9.70. The molecule has 0 aromatic carbocycles. The number of aromatic nitrogens is 2. The van der Waals surface area contributed by atoms with Crippen LogP contribution in [0.25, 0.3) is 0 Å². The third-order valence-electron chi connectivity index (χ3n) is 4.52. The van der Waals surface area contributed by atoms with Crippen molar-refractivity contribution in [3.63, 3.8) is 0 Å². The molecule has 1 aliphatic heterocycles. The molecule has 2 heterocycles. The molecule has 23 heavy (non-hydrogen) atoms. The summed E-state index contributed by atoms with van der Waals surface area (Å²) < 4.78 is 25.9. The second kappa shape index (κ2) is 7.00. The van der Waals surface area contributed by atoms with Gasteiger partial charge >= 0.3 is 0 Å². The molecule has 0 spiro atoms. The smallest absolute Gasteiger partial charge is 0.229 e. The van der Waals surface area contributed by atoms with Crippen LogP contribution < -0.4 is 4.72 Å². The Morgan fingerprint density at radius 1 is 1.39 bits per heavy atom. The quantitative estimate of drug-likeness (QED) is 0.836. The molecule has 0 radical (unpaired) electrons. The predicted octanol–water partition coefficient (Wildman–Crippen LogP) is 1.06. The first-order valence-electron chi connectivity index (χ1n) is 8.05. The lowest BCUT2D eigenvalue weighted by molar-refractivity contribution is -0.133. The molecule has 0 bridgehead atoms. The van der Waals surface area contributed by atoms with E-state index in [9.17, 15) is 13.2 Å². The number of H-pyrrole nitrogens is 1. The van der Waals surface area contributed by atoms with E-state index in [0.717, 1.165) is 17.0 Å². The Labute approximate surface area is 137 Å². The largest absolute Gasteiger partial charge is 0.342 e. The second-order valence-electron chi connectivity index (χ2n) is 6.19. The maximum Gasteiger partial charge on any atom is 0.229 e. The van der Waals surface area contributed by atoms with Crippen LogP contribution in [-0.2, 0) is 14.8 Å². The van der Waals surface area contributed by atoms with E-state index in [1.807, 2.05) is 25.7 Å². The standard InChI is InChI=1S/C15H26N4O3S/c1-5-23(21,22)18-13-6-8-19(9-7-13)15(20)10(2)14-11(3)16-17-12(14)4/h10,13,18H,5-9H2,1-4H3,(H,16,17). The van der Waals surface area contributed by atoms with Crippen molar-refractivity contribution >= 4 is 15.9 Å². The number of likely N-dealkylation sites (tertiary alicyclic amines) is 1. The number of hydrogen-bond donors (Lipinski definition) is 2. The fourth-order valence-electron chi connectivity index (χ4n) is 3.15. The van der Waals surface area contributed by atoms with Crippen LogP contribution in [0.15, 0.2) is 0 Å². The van der Waals surface area contributed by atoms with Gasteiger partial charge in [0.15, 0.2) is 0 Å². The van der Waals surface area contributed by atoms with Gasteiger partial charge in [0.05, 0.1) is 17.4 Å². The van der Waals surface area contributed by atoms with Gasteiger partial charge in [0, 0.05) is 30.4 Å². The fraction of sp³-hybridized carbons (Fsp3) is 0.733. The summed E-state index contributed by atoms with van der Waals surface area (Å²) in [5.74, 6) is -0.0746. The number of nitrogens with zero attached hydrogens (tertiary/aromatic N) is 2. The van der Waals surface area contributed by atoms with Crippen molar-refractivity contribution in [2.75, 3.05) is 18.8 Å². The summed E-state index contributed by atoms with van der Waals surface area (Å²) in [7, 11) is -3.19. The van der Waals surface area contributed by atoms with Gasteiger partial charge in [0.2, 0.25) is 15.9 Å². The van der Waals surface area contributed by atoms with E-state index in [0.29, 0.717) is 25.9 Å². The topological polar surface area (TPSA) is 95.2 Å². The van der Waals surface area contributed by atoms with Crippen molar-refractivity contribution in [1.29, 1.82) is 0 Å². The summed E-state index contributed by atoms with van der Waals surface area (Å²) in [4.78, 5) is 14.5. The monoisotopic (exact) mass is 342 g/mol. The molecule has 1 aliphatic rings. The molecule has 7 nitrogen and oxygen atoms in total. The second-order valence-corrected chi connectivity index (χ2v) is 8.23. The molecule has 1 aromatic rings. The van der Waals surface area contributed by atoms with Crippen molar-refractivity contribution in [3.05, 3.63) is 17.0 Å². The van der Waals surface area contributed by atoms with Gasteiger partial charge in [0.1, 0.15) is 0 Å². The van der Waals surface area contributed by atoms with E-state index < -0.39 is 10.0 Å². The maximum absolute atomic E-state index is 12.7. The third kappa shape index (κ3) is 4.11. The van der Waals surface area contributed by atoms with Crippen molar-refractivity contribution in [2.24, 2.45) is 0 Å². The Hall–Kier alpha value is -1.41. The highest BCUT2D eigenvalue weighted by atomic mass is 32.2. The number of carbonyl (C=O) groups excluding carboxylic acids is 1. The number of rotatable bonds is 5. The van der Waals surface area contributed by atoms with E-state index >= 15 is 0 Å². The molecule has 2 rings (SSSR count). The fourth-order valence-corrected chi connectivity index (χ4v) is 4.06. The Kier molecular flexibility index (Phi) is 5.46. The van der Waals surface area contributed by atoms with E-state index in [-0.39, 0.29) is 23.6 Å². The minimum absolute atomic E-state index is 0.0725. The number of piperidine rings is 1. The zero-order valence-electron chi connectivity index (χ0n) is 14.2. The molecular weight excluding hydrogens is 316 g/mol. The Bertz CT molecular complexity index is 641. The van der Waals surface area contributed by atoms with E-state index in [1.165, 1.54) is 0 Å². The summed E-state index contributed by atoms with van der Waals surface area (Å²) in [5, 5.41) is 7.07. The summed E-state index contributed by atoms with van der Waals surface area (Å²) >= 11 is 0. The molecule has 130 valence electrons. The van der Waals surface area contributed by atoms with Crippen LogP contribution in [0.5, 0.6) is 0 Å². The zero-order chi connectivity index (χ0) is 17.2. The number of aryl methyl sites for hydroxylation is 2. The minimum Gasteiger partial charge on any atom is -0.342 e. The van der Waals surface area contributed by atoms with Gasteiger partial charge in [-0.3, -0.25) is 9.89 Å². The Morgan fingerprint density at radius 3 is 2.48 bits per heavy atom. The number of nitrogens with one attached hydrogen (secondary N) is 2. The molecule has 1 aromatic heterocycles. The van der Waals surface area contributed by atoms with Crippen LogP contribution >= 0.6 is 0 Å². The maximum atomic E-state index is 12.7. The number of carbonyl (C=O) groups is 1. The van der Waals surface area contributed by atoms with Crippen LogP contribution in [0.3, 0.4) is 0 Å². The summed E-state index contributed by atoms with van der Waals surface area (Å²) in [6.07, 6.45) is 1.31. The Morgan fingerprint density at radius 2 is 2.00 bits per heavy atom. The number of amides is 1. The van der Waals surface area contributed by atoms with Crippen LogP contribution in [-0.4, -0.2) is 54.3 Å². The minimum atomic E-state index is -3.19. The number of sulfonamides is 1. The number of aromatic amines is 1. The van der Waals surface area contributed by atoms with E-state index in [1.54, 1.807) is 6.92 Å². The lowest BCUT2D eigenvalue weighted by atomic mass is 9.96. The zero-order valence-corrected chi connectivity index (χ0v) is 15.0. The molecule has 1 unspecified atom stereocenters. The third-order valence-corrected chi connectivity index (χ3v) is 5.97. The summed E-state index contributed by atoms with van der Waals surface area (Å²) in [5.41, 5.74) is 2.74. The lowest BCUT2D eigenvalue weighted by Crippen LogP contribution is -2.47. The predicted molar refractivity (Wildman–Crippen MR) is 88.7 cm³/mol. The van der Waals surface area contributed by atoms with Crippen molar-refractivity contribution in [3.8, 4) is 0 Å². The molecule has 2 N–H and O–H groups in total. The van der Waals surface area contributed by atoms with Crippen LogP contribution in [0.2, 0.25) is 0 Å². The molecular formula is C15H26N4O3S. The number of hydrogen-bond acceptors (Lipinski definition) is 4. The average Bonchev–Trinajstić information content (AvgIpc) is 2.85.